The van der Waals surface area contributed by atoms with Gasteiger partial charge in [0.15, 0.2) is 18.1 Å². The normalized spacial score (nSPS) is 16.4. The molecule has 1 aliphatic heterocycles. The fourth-order valence-electron chi connectivity index (χ4n) is 5.06. The maximum absolute atomic E-state index is 13.7. The predicted octanol–water partition coefficient (Wildman–Crippen LogP) is 3.72. The number of carboxylic acid groups (broad SMARTS) is 1. The summed E-state index contributed by atoms with van der Waals surface area (Å²) >= 11 is 3.39. The minimum Gasteiger partial charge on any atom is -0.496 e. The van der Waals surface area contributed by atoms with Crippen molar-refractivity contribution in [1.82, 2.24) is 14.8 Å². The summed E-state index contributed by atoms with van der Waals surface area (Å²) in [7, 11) is 4.24. The van der Waals surface area contributed by atoms with Gasteiger partial charge in [-0.2, -0.15) is 0 Å². The number of hydrogen-bond acceptors (Lipinski definition) is 10. The van der Waals surface area contributed by atoms with E-state index in [0.717, 1.165) is 0 Å². The van der Waals surface area contributed by atoms with Gasteiger partial charge in [-0.25, -0.2) is 4.98 Å². The Bertz CT molecular complexity index is 1610. The van der Waals surface area contributed by atoms with Crippen molar-refractivity contribution in [3.05, 3.63) is 56.0 Å². The van der Waals surface area contributed by atoms with Crippen LogP contribution in [0.3, 0.4) is 0 Å². The van der Waals surface area contributed by atoms with Crippen LogP contribution in [-0.4, -0.2) is 83.1 Å². The summed E-state index contributed by atoms with van der Waals surface area (Å²) in [5.74, 6) is -1.52. The highest BCUT2D eigenvalue weighted by Crippen LogP contribution is 2.44. The van der Waals surface area contributed by atoms with E-state index in [1.54, 1.807) is 32.0 Å². The van der Waals surface area contributed by atoms with Crippen LogP contribution >= 0.6 is 15.9 Å². The number of pyridine rings is 1. The van der Waals surface area contributed by atoms with Crippen molar-refractivity contribution in [1.29, 1.82) is 0 Å². The minimum absolute atomic E-state index is 0.0100. The number of carboxylic acids is 1. The van der Waals surface area contributed by atoms with E-state index < -0.39 is 41.5 Å². The Kier molecular flexibility index (Phi) is 9.23. The second kappa shape index (κ2) is 12.7. The van der Waals surface area contributed by atoms with Crippen LogP contribution in [0.1, 0.15) is 31.1 Å². The number of aliphatic carboxylic acids is 1. The van der Waals surface area contributed by atoms with Gasteiger partial charge in [0.1, 0.15) is 18.0 Å². The molecule has 1 fully saturated rings. The molecule has 2 aromatic carbocycles. The number of nitrogens with zero attached hydrogens (tertiary/aromatic N) is 4. The van der Waals surface area contributed by atoms with Gasteiger partial charge in [-0.1, -0.05) is 0 Å². The Balaban J connectivity index is 1.73. The molecule has 1 saturated heterocycles. The molecule has 3 aromatic rings. The smallest absolute Gasteiger partial charge is 0.308 e. The third-order valence-electron chi connectivity index (χ3n) is 6.96. The highest BCUT2D eigenvalue weighted by molar-refractivity contribution is 9.10. The third-order valence-corrected chi connectivity index (χ3v) is 7.53. The standard InChI is InChI=1S/C28H29BrN4O10/c1-6-42-25-18(10-16(33(38)39)11-21(25)41-5)27-31(3)28(37)14(2)32(27)22(34)13-43-26-19(29)9-15-7-8-20(40-4)17(12-23(35)36)24(15)30-26/h7-11,14,27H,6,12-13H2,1-5H3,(H,35,36)/t14-,27+/m0/s1. The number of nitro groups is 1. The van der Waals surface area contributed by atoms with Crippen molar-refractivity contribution >= 4 is 50.3 Å². The van der Waals surface area contributed by atoms with Gasteiger partial charge in [0.2, 0.25) is 11.8 Å². The summed E-state index contributed by atoms with van der Waals surface area (Å²) in [6.45, 7) is 2.89. The lowest BCUT2D eigenvalue weighted by Crippen LogP contribution is -2.41. The second-order valence-electron chi connectivity index (χ2n) is 9.51. The van der Waals surface area contributed by atoms with Gasteiger partial charge in [0, 0.05) is 29.6 Å². The molecule has 0 saturated carbocycles. The van der Waals surface area contributed by atoms with Crippen molar-refractivity contribution in [2.24, 2.45) is 0 Å². The van der Waals surface area contributed by atoms with Crippen molar-refractivity contribution in [3.8, 4) is 23.1 Å². The number of benzene rings is 2. The van der Waals surface area contributed by atoms with E-state index in [-0.39, 0.29) is 41.7 Å². The number of nitro benzene ring substituents is 1. The molecule has 2 heterocycles. The molecule has 2 atom stereocenters. The molecular weight excluding hydrogens is 632 g/mol. The van der Waals surface area contributed by atoms with E-state index in [0.29, 0.717) is 26.7 Å². The summed E-state index contributed by atoms with van der Waals surface area (Å²) in [4.78, 5) is 56.5. The number of rotatable bonds is 11. The highest BCUT2D eigenvalue weighted by Gasteiger charge is 2.47. The molecule has 0 radical (unpaired) electrons. The first-order chi connectivity index (χ1) is 20.4. The number of non-ortho nitro benzene ring substituents is 1. The van der Waals surface area contributed by atoms with E-state index in [4.69, 9.17) is 18.9 Å². The van der Waals surface area contributed by atoms with Crippen LogP contribution < -0.4 is 18.9 Å². The molecule has 0 aliphatic carbocycles. The molecule has 0 spiro atoms. The number of likely N-dealkylation sites (N-methyl/N-ethyl adjacent to an activating group) is 1. The summed E-state index contributed by atoms with van der Waals surface area (Å²) in [6, 6.07) is 6.55. The fraction of sp³-hybridized carbons (Fsp3) is 0.357. The fourth-order valence-corrected chi connectivity index (χ4v) is 5.51. The molecule has 0 bridgehead atoms. The number of aromatic nitrogens is 1. The number of amides is 2. The zero-order valence-electron chi connectivity index (χ0n) is 24.0. The molecule has 2 amide bonds. The van der Waals surface area contributed by atoms with E-state index in [1.165, 1.54) is 43.2 Å². The number of halogens is 1. The summed E-state index contributed by atoms with van der Waals surface area (Å²) in [6.07, 6.45) is -1.43. The predicted molar refractivity (Wildman–Crippen MR) is 155 cm³/mol. The average molecular weight is 661 g/mol. The highest BCUT2D eigenvalue weighted by atomic mass is 79.9. The molecule has 1 N–H and O–H groups in total. The molecule has 14 nitrogen and oxygen atoms in total. The SMILES string of the molecule is CCOc1c(OC)cc([N+](=O)[O-])cc1[C@@H]1N(C)C(=O)[C@H](C)N1C(=O)COc1nc2c(CC(=O)O)c(OC)ccc2cc1Br. The lowest BCUT2D eigenvalue weighted by molar-refractivity contribution is -0.385. The Morgan fingerprint density at radius 2 is 1.84 bits per heavy atom. The number of ether oxygens (including phenoxy) is 4. The summed E-state index contributed by atoms with van der Waals surface area (Å²) in [5, 5.41) is 21.8. The molecular formula is C28H29BrN4O10. The van der Waals surface area contributed by atoms with Gasteiger partial charge >= 0.3 is 5.97 Å². The van der Waals surface area contributed by atoms with Crippen LogP contribution in [-0.2, 0) is 20.8 Å². The average Bonchev–Trinajstić information content (AvgIpc) is 3.19. The van der Waals surface area contributed by atoms with E-state index in [1.807, 2.05) is 0 Å². The summed E-state index contributed by atoms with van der Waals surface area (Å²) < 4.78 is 22.7. The van der Waals surface area contributed by atoms with Gasteiger partial charge in [-0.3, -0.25) is 24.5 Å². The first-order valence-corrected chi connectivity index (χ1v) is 13.8. The van der Waals surface area contributed by atoms with Gasteiger partial charge in [-0.15, -0.1) is 0 Å². The van der Waals surface area contributed by atoms with E-state index >= 15 is 0 Å². The number of fused-ring (bicyclic) bond motifs is 1. The van der Waals surface area contributed by atoms with Crippen LogP contribution in [0, 0.1) is 10.1 Å². The van der Waals surface area contributed by atoms with Crippen molar-refractivity contribution in [2.45, 2.75) is 32.5 Å². The van der Waals surface area contributed by atoms with Gasteiger partial charge in [0.05, 0.1) is 48.2 Å². The van der Waals surface area contributed by atoms with Gasteiger partial charge in [-0.05, 0) is 48.0 Å². The molecule has 0 unspecified atom stereocenters. The van der Waals surface area contributed by atoms with Crippen LogP contribution in [0.5, 0.6) is 23.1 Å². The molecule has 1 aliphatic rings. The van der Waals surface area contributed by atoms with Crippen molar-refractivity contribution < 1.29 is 43.4 Å². The number of hydrogen-bond donors (Lipinski definition) is 1. The lowest BCUT2D eigenvalue weighted by Gasteiger charge is -2.31. The molecule has 1 aromatic heterocycles. The molecule has 4 rings (SSSR count). The molecule has 43 heavy (non-hydrogen) atoms. The van der Waals surface area contributed by atoms with E-state index in [9.17, 15) is 29.6 Å². The van der Waals surface area contributed by atoms with Crippen LogP contribution in [0.15, 0.2) is 34.8 Å². The Morgan fingerprint density at radius 3 is 2.44 bits per heavy atom. The van der Waals surface area contributed by atoms with Crippen LogP contribution in [0.4, 0.5) is 5.69 Å². The minimum atomic E-state index is -1.08. The van der Waals surface area contributed by atoms with Crippen LogP contribution in [0.2, 0.25) is 0 Å². The lowest BCUT2D eigenvalue weighted by atomic mass is 10.1. The quantitative estimate of drug-likeness (QED) is 0.235. The Morgan fingerprint density at radius 1 is 1.14 bits per heavy atom. The maximum atomic E-state index is 13.7. The van der Waals surface area contributed by atoms with E-state index in [2.05, 4.69) is 20.9 Å². The summed E-state index contributed by atoms with van der Waals surface area (Å²) in [5.41, 5.74) is 0.535. The number of carbonyl (C=O) groups excluding carboxylic acids is 2. The number of carbonyl (C=O) groups is 3. The zero-order chi connectivity index (χ0) is 31.6. The largest absolute Gasteiger partial charge is 0.496 e. The van der Waals surface area contributed by atoms with Crippen molar-refractivity contribution in [2.75, 3.05) is 34.5 Å². The topological polar surface area (TPSA) is 171 Å². The van der Waals surface area contributed by atoms with Gasteiger partial charge in [0.25, 0.3) is 11.6 Å². The second-order valence-corrected chi connectivity index (χ2v) is 10.4. The number of methoxy groups -OCH3 is 2. The Hall–Kier alpha value is -4.66. The Labute approximate surface area is 254 Å². The molecule has 15 heteroatoms. The van der Waals surface area contributed by atoms with Crippen LogP contribution in [0.25, 0.3) is 10.9 Å². The van der Waals surface area contributed by atoms with Crippen molar-refractivity contribution in [3.63, 3.8) is 0 Å². The monoisotopic (exact) mass is 660 g/mol. The first kappa shape index (κ1) is 31.3. The van der Waals surface area contributed by atoms with Gasteiger partial charge < -0.3 is 33.9 Å². The zero-order valence-corrected chi connectivity index (χ0v) is 25.5. The maximum Gasteiger partial charge on any atom is 0.308 e. The molecule has 228 valence electrons. The first-order valence-electron chi connectivity index (χ1n) is 13.0. The third kappa shape index (κ3) is 5.98.